The van der Waals surface area contributed by atoms with Gasteiger partial charge in [-0.2, -0.15) is 0 Å². The molecule has 0 saturated heterocycles. The average molecular weight is 291 g/mol. The van der Waals surface area contributed by atoms with Gasteiger partial charge in [-0.15, -0.1) is 11.3 Å². The molecule has 18 heavy (non-hydrogen) atoms. The van der Waals surface area contributed by atoms with E-state index >= 15 is 0 Å². The van der Waals surface area contributed by atoms with Crippen molar-refractivity contribution in [1.29, 1.82) is 0 Å². The van der Waals surface area contributed by atoms with Crippen LogP contribution in [0.1, 0.15) is 24.6 Å². The van der Waals surface area contributed by atoms with Crippen LogP contribution in [0.25, 0.3) is 0 Å². The summed E-state index contributed by atoms with van der Waals surface area (Å²) < 4.78 is 26.5. The zero-order chi connectivity index (χ0) is 13.8. The van der Waals surface area contributed by atoms with Gasteiger partial charge in [-0.3, -0.25) is 4.79 Å². The maximum atomic E-state index is 11.9. The standard InChI is InChI=1S/C11H17NO4S2/c1-8(3-5-10(13)14)7-12-18(15,16)11-6-4-9(2)17-11/h4,6,8,12H,3,5,7H2,1-2H3,(H,13,14). The third-order valence-electron chi connectivity index (χ3n) is 2.45. The fraction of sp³-hybridized carbons (Fsp3) is 0.545. The number of sulfonamides is 1. The Morgan fingerprint density at radius 2 is 2.17 bits per heavy atom. The minimum atomic E-state index is -3.45. The Morgan fingerprint density at radius 3 is 2.67 bits per heavy atom. The zero-order valence-electron chi connectivity index (χ0n) is 10.3. The van der Waals surface area contributed by atoms with E-state index in [4.69, 9.17) is 5.11 Å². The summed E-state index contributed by atoms with van der Waals surface area (Å²) in [6, 6.07) is 3.33. The van der Waals surface area contributed by atoms with E-state index in [1.807, 2.05) is 13.8 Å². The molecule has 1 atom stereocenters. The van der Waals surface area contributed by atoms with Crippen LogP contribution in [-0.2, 0) is 14.8 Å². The highest BCUT2D eigenvalue weighted by Gasteiger charge is 2.17. The lowest BCUT2D eigenvalue weighted by molar-refractivity contribution is -0.137. The summed E-state index contributed by atoms with van der Waals surface area (Å²) in [5, 5.41) is 8.53. The molecule has 0 aliphatic carbocycles. The highest BCUT2D eigenvalue weighted by Crippen LogP contribution is 2.20. The maximum Gasteiger partial charge on any atom is 0.303 e. The van der Waals surface area contributed by atoms with E-state index in [0.717, 1.165) is 4.88 Å². The lowest BCUT2D eigenvalue weighted by Crippen LogP contribution is -2.28. The molecular formula is C11H17NO4S2. The van der Waals surface area contributed by atoms with Gasteiger partial charge in [0.2, 0.25) is 10.0 Å². The van der Waals surface area contributed by atoms with Crippen LogP contribution in [0.3, 0.4) is 0 Å². The van der Waals surface area contributed by atoms with Crippen LogP contribution in [0.5, 0.6) is 0 Å². The molecule has 0 aromatic carbocycles. The molecule has 1 heterocycles. The SMILES string of the molecule is Cc1ccc(S(=O)(=O)NCC(C)CCC(=O)O)s1. The fourth-order valence-corrected chi connectivity index (χ4v) is 3.84. The number of carboxylic acid groups (broad SMARTS) is 1. The number of nitrogens with one attached hydrogen (secondary N) is 1. The normalized spacial score (nSPS) is 13.4. The lowest BCUT2D eigenvalue weighted by atomic mass is 10.1. The molecule has 1 unspecified atom stereocenters. The molecule has 5 nitrogen and oxygen atoms in total. The molecule has 1 aromatic heterocycles. The van der Waals surface area contributed by atoms with Crippen molar-refractivity contribution in [3.05, 3.63) is 17.0 Å². The molecule has 0 aliphatic heterocycles. The second-order valence-electron chi connectivity index (χ2n) is 4.25. The van der Waals surface area contributed by atoms with Gasteiger partial charge in [-0.25, -0.2) is 13.1 Å². The Labute approximate surface area is 111 Å². The summed E-state index contributed by atoms with van der Waals surface area (Å²) in [5.41, 5.74) is 0. The Kier molecular flexibility index (Phi) is 5.30. The number of carbonyl (C=O) groups is 1. The third-order valence-corrected chi connectivity index (χ3v) is 5.37. The molecule has 0 radical (unpaired) electrons. The van der Waals surface area contributed by atoms with Crippen molar-refractivity contribution in [2.45, 2.75) is 30.9 Å². The number of carboxylic acids is 1. The lowest BCUT2D eigenvalue weighted by Gasteiger charge is -2.10. The fourth-order valence-electron chi connectivity index (χ4n) is 1.35. The number of aliphatic carboxylic acids is 1. The smallest absolute Gasteiger partial charge is 0.303 e. The number of hydrogen-bond acceptors (Lipinski definition) is 4. The number of hydrogen-bond donors (Lipinski definition) is 2. The van der Waals surface area contributed by atoms with Crippen LogP contribution < -0.4 is 4.72 Å². The molecule has 1 rings (SSSR count). The van der Waals surface area contributed by atoms with E-state index in [1.165, 1.54) is 11.3 Å². The first-order chi connectivity index (χ1) is 8.31. The van der Waals surface area contributed by atoms with Gasteiger partial charge in [0, 0.05) is 17.8 Å². The van der Waals surface area contributed by atoms with Gasteiger partial charge in [0.25, 0.3) is 0 Å². The third kappa shape index (κ3) is 4.75. The zero-order valence-corrected chi connectivity index (χ0v) is 12.0. The molecule has 0 aliphatic rings. The quantitative estimate of drug-likeness (QED) is 0.803. The molecule has 0 spiro atoms. The first-order valence-electron chi connectivity index (χ1n) is 5.59. The molecule has 2 N–H and O–H groups in total. The monoisotopic (exact) mass is 291 g/mol. The summed E-state index contributed by atoms with van der Waals surface area (Å²) in [6.07, 6.45) is 0.516. The highest BCUT2D eigenvalue weighted by molar-refractivity contribution is 7.91. The Morgan fingerprint density at radius 1 is 1.50 bits per heavy atom. The van der Waals surface area contributed by atoms with E-state index in [1.54, 1.807) is 12.1 Å². The Bertz CT molecular complexity index is 507. The van der Waals surface area contributed by atoms with Crippen LogP contribution >= 0.6 is 11.3 Å². The van der Waals surface area contributed by atoms with Crippen molar-refractivity contribution in [3.8, 4) is 0 Å². The minimum absolute atomic E-state index is 0.00284. The van der Waals surface area contributed by atoms with Crippen LogP contribution in [0, 0.1) is 12.8 Å². The first-order valence-corrected chi connectivity index (χ1v) is 7.89. The molecular weight excluding hydrogens is 274 g/mol. The van der Waals surface area contributed by atoms with E-state index in [-0.39, 0.29) is 18.9 Å². The average Bonchev–Trinajstić information content (AvgIpc) is 2.71. The summed E-state index contributed by atoms with van der Waals surface area (Å²) in [7, 11) is -3.45. The van der Waals surface area contributed by atoms with E-state index < -0.39 is 16.0 Å². The van der Waals surface area contributed by atoms with Crippen molar-refractivity contribution in [1.82, 2.24) is 4.72 Å². The van der Waals surface area contributed by atoms with Gasteiger partial charge < -0.3 is 5.11 Å². The van der Waals surface area contributed by atoms with Crippen molar-refractivity contribution in [2.75, 3.05) is 6.54 Å². The van der Waals surface area contributed by atoms with Crippen molar-refractivity contribution < 1.29 is 18.3 Å². The van der Waals surface area contributed by atoms with Gasteiger partial charge in [-0.1, -0.05) is 6.92 Å². The number of aryl methyl sites for hydroxylation is 1. The second-order valence-corrected chi connectivity index (χ2v) is 7.54. The summed E-state index contributed by atoms with van der Waals surface area (Å²) >= 11 is 1.22. The van der Waals surface area contributed by atoms with Crippen LogP contribution in [0.4, 0.5) is 0 Å². The second kappa shape index (κ2) is 6.31. The maximum absolute atomic E-state index is 11.9. The van der Waals surface area contributed by atoms with Gasteiger partial charge >= 0.3 is 5.97 Å². The summed E-state index contributed by atoms with van der Waals surface area (Å²) in [6.45, 7) is 3.93. The van der Waals surface area contributed by atoms with Crippen molar-refractivity contribution in [2.24, 2.45) is 5.92 Å². The molecule has 0 amide bonds. The predicted molar refractivity (Wildman–Crippen MR) is 70.3 cm³/mol. The largest absolute Gasteiger partial charge is 0.481 e. The molecule has 7 heteroatoms. The van der Waals surface area contributed by atoms with Crippen molar-refractivity contribution >= 4 is 27.3 Å². The van der Waals surface area contributed by atoms with Gasteiger partial charge in [0.05, 0.1) is 0 Å². The van der Waals surface area contributed by atoms with E-state index in [2.05, 4.69) is 4.72 Å². The first kappa shape index (κ1) is 15.1. The Balaban J connectivity index is 2.50. The van der Waals surface area contributed by atoms with Crippen LogP contribution in [-0.4, -0.2) is 26.0 Å². The van der Waals surface area contributed by atoms with Crippen LogP contribution in [0.2, 0.25) is 0 Å². The number of thiophene rings is 1. The molecule has 0 bridgehead atoms. The van der Waals surface area contributed by atoms with Crippen molar-refractivity contribution in [3.63, 3.8) is 0 Å². The molecule has 0 saturated carbocycles. The summed E-state index contributed by atoms with van der Waals surface area (Å²) in [5.74, 6) is -0.865. The summed E-state index contributed by atoms with van der Waals surface area (Å²) in [4.78, 5) is 11.3. The topological polar surface area (TPSA) is 83.5 Å². The van der Waals surface area contributed by atoms with E-state index in [0.29, 0.717) is 10.6 Å². The molecule has 102 valence electrons. The van der Waals surface area contributed by atoms with Gasteiger partial charge in [0.15, 0.2) is 0 Å². The number of rotatable bonds is 7. The van der Waals surface area contributed by atoms with Gasteiger partial charge in [-0.05, 0) is 31.4 Å². The molecule has 1 aromatic rings. The minimum Gasteiger partial charge on any atom is -0.481 e. The Hall–Kier alpha value is -0.920. The molecule has 0 fully saturated rings. The van der Waals surface area contributed by atoms with Gasteiger partial charge in [0.1, 0.15) is 4.21 Å². The van der Waals surface area contributed by atoms with E-state index in [9.17, 15) is 13.2 Å². The van der Waals surface area contributed by atoms with Crippen LogP contribution in [0.15, 0.2) is 16.3 Å². The highest BCUT2D eigenvalue weighted by atomic mass is 32.2. The predicted octanol–water partition coefficient (Wildman–Crippen LogP) is 1.84.